The predicted octanol–water partition coefficient (Wildman–Crippen LogP) is 3.36. The zero-order valence-corrected chi connectivity index (χ0v) is 13.6. The lowest BCUT2D eigenvalue weighted by molar-refractivity contribution is -0.383. The summed E-state index contributed by atoms with van der Waals surface area (Å²) in [5.41, 5.74) is 0.994. The molecule has 1 unspecified atom stereocenters. The fourth-order valence-electron chi connectivity index (χ4n) is 2.19. The summed E-state index contributed by atoms with van der Waals surface area (Å²) in [6.45, 7) is 1.73. The molecule has 0 saturated heterocycles. The third kappa shape index (κ3) is 3.23. The van der Waals surface area contributed by atoms with Gasteiger partial charge in [-0.2, -0.15) is 0 Å². The number of hydrogen-bond donors (Lipinski definition) is 1. The number of imidazole rings is 1. The number of carbonyl (C=O) groups is 1. The van der Waals surface area contributed by atoms with E-state index in [2.05, 4.69) is 10.3 Å². The SMILES string of the molecule is CC(Sc1ncc2ccccn12)C(=O)Nc1ccccc1[N+](=O)[O-]. The van der Waals surface area contributed by atoms with E-state index in [4.69, 9.17) is 0 Å². The summed E-state index contributed by atoms with van der Waals surface area (Å²) >= 11 is 1.29. The van der Waals surface area contributed by atoms with Gasteiger partial charge in [-0.15, -0.1) is 0 Å². The molecule has 2 aromatic heterocycles. The van der Waals surface area contributed by atoms with Gasteiger partial charge in [-0.3, -0.25) is 19.3 Å². The highest BCUT2D eigenvalue weighted by molar-refractivity contribution is 8.00. The summed E-state index contributed by atoms with van der Waals surface area (Å²) in [6, 6.07) is 11.8. The molecule has 7 nitrogen and oxygen atoms in total. The number of thioether (sulfide) groups is 1. The Bertz CT molecular complexity index is 909. The number of para-hydroxylation sites is 2. The van der Waals surface area contributed by atoms with E-state index in [1.54, 1.807) is 25.3 Å². The molecule has 0 aliphatic heterocycles. The Morgan fingerprint density at radius 1 is 1.29 bits per heavy atom. The van der Waals surface area contributed by atoms with Gasteiger partial charge in [-0.1, -0.05) is 30.0 Å². The first-order chi connectivity index (χ1) is 11.6. The molecule has 0 aliphatic carbocycles. The molecule has 1 amide bonds. The zero-order chi connectivity index (χ0) is 17.1. The minimum absolute atomic E-state index is 0.130. The van der Waals surface area contributed by atoms with Gasteiger partial charge in [0.1, 0.15) is 5.69 Å². The van der Waals surface area contributed by atoms with Crippen LogP contribution in [0.1, 0.15) is 6.92 Å². The molecule has 3 rings (SSSR count). The quantitative estimate of drug-likeness (QED) is 0.436. The Morgan fingerprint density at radius 3 is 2.83 bits per heavy atom. The van der Waals surface area contributed by atoms with Gasteiger partial charge < -0.3 is 5.32 Å². The third-order valence-electron chi connectivity index (χ3n) is 3.41. The normalized spacial score (nSPS) is 12.0. The smallest absolute Gasteiger partial charge is 0.292 e. The van der Waals surface area contributed by atoms with Gasteiger partial charge in [0.15, 0.2) is 5.16 Å². The van der Waals surface area contributed by atoms with Crippen molar-refractivity contribution in [1.29, 1.82) is 0 Å². The van der Waals surface area contributed by atoms with Crippen molar-refractivity contribution in [2.45, 2.75) is 17.3 Å². The highest BCUT2D eigenvalue weighted by Crippen LogP contribution is 2.27. The Kier molecular flexibility index (Phi) is 4.48. The van der Waals surface area contributed by atoms with E-state index in [0.29, 0.717) is 5.16 Å². The van der Waals surface area contributed by atoms with Crippen molar-refractivity contribution in [3.05, 3.63) is 65.0 Å². The van der Waals surface area contributed by atoms with E-state index in [-0.39, 0.29) is 17.3 Å². The number of nitrogens with zero attached hydrogens (tertiary/aromatic N) is 3. The molecule has 0 radical (unpaired) electrons. The van der Waals surface area contributed by atoms with E-state index in [1.807, 2.05) is 28.8 Å². The zero-order valence-electron chi connectivity index (χ0n) is 12.7. The molecule has 8 heteroatoms. The van der Waals surface area contributed by atoms with Crippen molar-refractivity contribution in [3.63, 3.8) is 0 Å². The second kappa shape index (κ2) is 6.71. The minimum atomic E-state index is -0.518. The molecule has 0 fully saturated rings. The van der Waals surface area contributed by atoms with Crippen molar-refractivity contribution < 1.29 is 9.72 Å². The Balaban J connectivity index is 1.75. The van der Waals surface area contributed by atoms with Crippen LogP contribution in [0.15, 0.2) is 60.0 Å². The summed E-state index contributed by atoms with van der Waals surface area (Å²) in [5, 5.41) is 13.9. The maximum absolute atomic E-state index is 12.4. The lowest BCUT2D eigenvalue weighted by Crippen LogP contribution is -2.23. The summed E-state index contributed by atoms with van der Waals surface area (Å²) < 4.78 is 1.89. The molecular weight excluding hydrogens is 328 g/mol. The van der Waals surface area contributed by atoms with Gasteiger partial charge >= 0.3 is 0 Å². The molecule has 24 heavy (non-hydrogen) atoms. The molecular formula is C16H14N4O3S. The number of carbonyl (C=O) groups excluding carboxylic acids is 1. The number of aromatic nitrogens is 2. The first-order valence-electron chi connectivity index (χ1n) is 7.19. The monoisotopic (exact) mass is 342 g/mol. The average molecular weight is 342 g/mol. The van der Waals surface area contributed by atoms with Crippen molar-refractivity contribution in [2.75, 3.05) is 5.32 Å². The van der Waals surface area contributed by atoms with Gasteiger partial charge in [0.25, 0.3) is 5.69 Å². The van der Waals surface area contributed by atoms with Crippen molar-refractivity contribution in [1.82, 2.24) is 9.38 Å². The molecule has 1 atom stereocenters. The molecule has 0 aliphatic rings. The first kappa shape index (κ1) is 16.0. The summed E-state index contributed by atoms with van der Waals surface area (Å²) in [7, 11) is 0. The Hall–Kier alpha value is -2.87. The number of nitro groups is 1. The van der Waals surface area contributed by atoms with Crippen LogP contribution >= 0.6 is 11.8 Å². The number of benzene rings is 1. The molecule has 0 spiro atoms. The number of rotatable bonds is 5. The number of nitro benzene ring substituents is 1. The van der Waals surface area contributed by atoms with Crippen LogP contribution in [-0.4, -0.2) is 25.5 Å². The standard InChI is InChI=1S/C16H14N4O3S/c1-11(24-16-17-10-12-6-4-5-9-19(12)16)15(21)18-13-7-2-3-8-14(13)20(22)23/h2-11H,1H3,(H,18,21). The maximum Gasteiger partial charge on any atom is 0.292 e. The average Bonchev–Trinajstić information content (AvgIpc) is 2.98. The van der Waals surface area contributed by atoms with E-state index in [1.165, 1.54) is 23.9 Å². The highest BCUT2D eigenvalue weighted by atomic mass is 32.2. The maximum atomic E-state index is 12.4. The van der Waals surface area contributed by atoms with Crippen LogP contribution in [0.5, 0.6) is 0 Å². The van der Waals surface area contributed by atoms with Gasteiger partial charge in [0, 0.05) is 12.3 Å². The summed E-state index contributed by atoms with van der Waals surface area (Å²) in [4.78, 5) is 27.2. The van der Waals surface area contributed by atoms with Crippen LogP contribution < -0.4 is 5.32 Å². The molecule has 1 N–H and O–H groups in total. The minimum Gasteiger partial charge on any atom is -0.319 e. The Labute approximate surface area is 141 Å². The highest BCUT2D eigenvalue weighted by Gasteiger charge is 2.20. The van der Waals surface area contributed by atoms with Crippen molar-refractivity contribution in [2.24, 2.45) is 0 Å². The number of anilines is 1. The fourth-order valence-corrected chi connectivity index (χ4v) is 3.07. The summed E-state index contributed by atoms with van der Waals surface area (Å²) in [6.07, 6.45) is 3.60. The topological polar surface area (TPSA) is 89.5 Å². The van der Waals surface area contributed by atoms with Gasteiger partial charge in [-0.25, -0.2) is 4.98 Å². The van der Waals surface area contributed by atoms with Gasteiger partial charge in [-0.05, 0) is 25.1 Å². The van der Waals surface area contributed by atoms with E-state index in [0.717, 1.165) is 5.52 Å². The van der Waals surface area contributed by atoms with Crippen LogP contribution in [0.2, 0.25) is 0 Å². The number of hydrogen-bond acceptors (Lipinski definition) is 5. The van der Waals surface area contributed by atoms with Crippen molar-refractivity contribution in [3.8, 4) is 0 Å². The van der Waals surface area contributed by atoms with Crippen molar-refractivity contribution >= 4 is 34.6 Å². The molecule has 0 bridgehead atoms. The molecule has 3 aromatic rings. The molecule has 1 aromatic carbocycles. The lowest BCUT2D eigenvalue weighted by Gasteiger charge is -2.11. The number of pyridine rings is 1. The second-order valence-corrected chi connectivity index (χ2v) is 6.37. The lowest BCUT2D eigenvalue weighted by atomic mass is 10.2. The fraction of sp³-hybridized carbons (Fsp3) is 0.125. The van der Waals surface area contributed by atoms with Crippen LogP contribution in [0.25, 0.3) is 5.52 Å². The summed E-state index contributed by atoms with van der Waals surface area (Å²) in [5.74, 6) is -0.318. The second-order valence-electron chi connectivity index (χ2n) is 5.06. The molecule has 0 saturated carbocycles. The van der Waals surface area contributed by atoms with E-state index < -0.39 is 10.2 Å². The first-order valence-corrected chi connectivity index (χ1v) is 8.07. The third-order valence-corrected chi connectivity index (χ3v) is 4.50. The molecule has 2 heterocycles. The van der Waals surface area contributed by atoms with E-state index in [9.17, 15) is 14.9 Å². The van der Waals surface area contributed by atoms with Gasteiger partial charge in [0.05, 0.1) is 21.9 Å². The largest absolute Gasteiger partial charge is 0.319 e. The van der Waals surface area contributed by atoms with Crippen LogP contribution in [0, 0.1) is 10.1 Å². The predicted molar refractivity (Wildman–Crippen MR) is 92.2 cm³/mol. The van der Waals surface area contributed by atoms with Crippen LogP contribution in [0.4, 0.5) is 11.4 Å². The van der Waals surface area contributed by atoms with E-state index >= 15 is 0 Å². The molecule has 122 valence electrons. The Morgan fingerprint density at radius 2 is 2.04 bits per heavy atom. The number of fused-ring (bicyclic) bond motifs is 1. The number of amides is 1. The van der Waals surface area contributed by atoms with Gasteiger partial charge in [0.2, 0.25) is 5.91 Å². The number of nitrogens with one attached hydrogen (secondary N) is 1. The van der Waals surface area contributed by atoms with Crippen LogP contribution in [-0.2, 0) is 4.79 Å². The van der Waals surface area contributed by atoms with Crippen LogP contribution in [0.3, 0.4) is 0 Å².